The van der Waals surface area contributed by atoms with Gasteiger partial charge in [0.1, 0.15) is 17.7 Å². The number of benzene rings is 1. The molecule has 0 fully saturated rings. The Morgan fingerprint density at radius 1 is 1.36 bits per heavy atom. The fraction of sp³-hybridized carbons (Fsp3) is 0.333. The van der Waals surface area contributed by atoms with Crippen LogP contribution in [0.5, 0.6) is 0 Å². The van der Waals surface area contributed by atoms with Crippen LogP contribution in [-0.4, -0.2) is 27.3 Å². The molecule has 22 heavy (non-hydrogen) atoms. The molecule has 0 aliphatic carbocycles. The van der Waals surface area contributed by atoms with E-state index in [9.17, 15) is 18.7 Å². The van der Waals surface area contributed by atoms with Crippen LogP contribution in [0.3, 0.4) is 0 Å². The minimum Gasteiger partial charge on any atom is -0.386 e. The number of nitrogens with one attached hydrogen (secondary N) is 1. The number of halogens is 2. The lowest BCUT2D eigenvalue weighted by Gasteiger charge is -2.14. The van der Waals surface area contributed by atoms with Crippen LogP contribution in [0.25, 0.3) is 0 Å². The number of aliphatic hydroxyl groups is 1. The molecule has 1 aromatic heterocycles. The fourth-order valence-corrected chi connectivity index (χ4v) is 2.31. The van der Waals surface area contributed by atoms with Crippen LogP contribution in [0, 0.1) is 25.5 Å². The summed E-state index contributed by atoms with van der Waals surface area (Å²) in [6.45, 7) is 3.13. The Morgan fingerprint density at radius 3 is 2.45 bits per heavy atom. The highest BCUT2D eigenvalue weighted by atomic mass is 19.1. The van der Waals surface area contributed by atoms with Gasteiger partial charge in [0.15, 0.2) is 0 Å². The van der Waals surface area contributed by atoms with Gasteiger partial charge in [-0.3, -0.25) is 9.48 Å². The molecule has 0 radical (unpaired) electrons. The molecule has 2 N–H and O–H groups in total. The zero-order chi connectivity index (χ0) is 16.4. The second kappa shape index (κ2) is 6.23. The average Bonchev–Trinajstić information content (AvgIpc) is 2.69. The topological polar surface area (TPSA) is 67.2 Å². The number of rotatable bonds is 4. The summed E-state index contributed by atoms with van der Waals surface area (Å²) < 4.78 is 28.7. The van der Waals surface area contributed by atoms with Crippen molar-refractivity contribution in [3.05, 3.63) is 52.3 Å². The summed E-state index contributed by atoms with van der Waals surface area (Å²) in [6.07, 6.45) is -1.47. The van der Waals surface area contributed by atoms with E-state index in [1.807, 2.05) is 0 Å². The summed E-state index contributed by atoms with van der Waals surface area (Å²) in [6, 6.07) is 3.32. The van der Waals surface area contributed by atoms with E-state index in [2.05, 4.69) is 10.4 Å². The average molecular weight is 309 g/mol. The predicted octanol–water partition coefficient (Wildman–Crippen LogP) is 1.78. The van der Waals surface area contributed by atoms with Gasteiger partial charge in [0.25, 0.3) is 5.91 Å². The Labute approximate surface area is 126 Å². The maximum Gasteiger partial charge on any atom is 0.255 e. The highest BCUT2D eigenvalue weighted by Gasteiger charge is 2.21. The normalized spacial score (nSPS) is 12.3. The first-order valence-electron chi connectivity index (χ1n) is 6.73. The molecule has 1 atom stereocenters. The van der Waals surface area contributed by atoms with Crippen molar-refractivity contribution in [3.63, 3.8) is 0 Å². The van der Waals surface area contributed by atoms with E-state index >= 15 is 0 Å². The molecule has 0 aliphatic rings. The minimum absolute atomic E-state index is 0.301. The minimum atomic E-state index is -1.47. The Bertz CT molecular complexity index is 693. The SMILES string of the molecule is Cc1nn(C)c(C)c1C(=O)NCC(O)c1c(F)cccc1F. The van der Waals surface area contributed by atoms with Crippen LogP contribution in [0.2, 0.25) is 0 Å². The number of aliphatic hydroxyl groups excluding tert-OH is 1. The molecule has 1 unspecified atom stereocenters. The van der Waals surface area contributed by atoms with Gasteiger partial charge in [0.2, 0.25) is 0 Å². The first-order chi connectivity index (χ1) is 10.3. The van der Waals surface area contributed by atoms with Crippen LogP contribution in [-0.2, 0) is 7.05 Å². The number of aromatic nitrogens is 2. The molecule has 1 heterocycles. The van der Waals surface area contributed by atoms with Gasteiger partial charge in [-0.1, -0.05) is 6.07 Å². The standard InChI is InChI=1S/C15H17F2N3O2/c1-8-13(9(2)20(3)19-8)15(22)18-7-12(21)14-10(16)5-4-6-11(14)17/h4-6,12,21H,7H2,1-3H3,(H,18,22). The van der Waals surface area contributed by atoms with Gasteiger partial charge in [-0.05, 0) is 26.0 Å². The number of hydrogen-bond acceptors (Lipinski definition) is 3. The van der Waals surface area contributed by atoms with Gasteiger partial charge in [-0.2, -0.15) is 5.10 Å². The summed E-state index contributed by atoms with van der Waals surface area (Å²) in [4.78, 5) is 12.1. The van der Waals surface area contributed by atoms with Crippen molar-refractivity contribution < 1.29 is 18.7 Å². The zero-order valence-corrected chi connectivity index (χ0v) is 12.5. The van der Waals surface area contributed by atoms with Gasteiger partial charge in [0.05, 0.1) is 16.8 Å². The monoisotopic (exact) mass is 309 g/mol. The molecule has 0 saturated heterocycles. The van der Waals surface area contributed by atoms with Crippen molar-refractivity contribution in [1.82, 2.24) is 15.1 Å². The van der Waals surface area contributed by atoms with E-state index in [0.29, 0.717) is 17.0 Å². The van der Waals surface area contributed by atoms with Crippen molar-refractivity contribution in [3.8, 4) is 0 Å². The van der Waals surface area contributed by atoms with Crippen molar-refractivity contribution in [2.24, 2.45) is 7.05 Å². The number of carbonyl (C=O) groups excluding carboxylic acids is 1. The lowest BCUT2D eigenvalue weighted by molar-refractivity contribution is 0.0910. The van der Waals surface area contributed by atoms with Crippen LogP contribution >= 0.6 is 0 Å². The molecular formula is C15H17F2N3O2. The first-order valence-corrected chi connectivity index (χ1v) is 6.73. The molecule has 5 nitrogen and oxygen atoms in total. The third-order valence-corrected chi connectivity index (χ3v) is 3.52. The Morgan fingerprint density at radius 2 is 1.95 bits per heavy atom. The molecule has 2 aromatic rings. The van der Waals surface area contributed by atoms with E-state index in [4.69, 9.17) is 0 Å². The molecule has 0 spiro atoms. The first kappa shape index (κ1) is 16.1. The molecule has 2 rings (SSSR count). The van der Waals surface area contributed by atoms with E-state index < -0.39 is 29.2 Å². The maximum atomic E-state index is 13.6. The fourth-order valence-electron chi connectivity index (χ4n) is 2.31. The molecule has 0 saturated carbocycles. The molecular weight excluding hydrogens is 292 g/mol. The Hall–Kier alpha value is -2.28. The predicted molar refractivity (Wildman–Crippen MR) is 76.3 cm³/mol. The van der Waals surface area contributed by atoms with Gasteiger partial charge in [-0.15, -0.1) is 0 Å². The van der Waals surface area contributed by atoms with Gasteiger partial charge < -0.3 is 10.4 Å². The van der Waals surface area contributed by atoms with Crippen molar-refractivity contribution in [1.29, 1.82) is 0 Å². The second-order valence-electron chi connectivity index (χ2n) is 5.03. The van der Waals surface area contributed by atoms with Crippen LogP contribution in [0.15, 0.2) is 18.2 Å². The van der Waals surface area contributed by atoms with Crippen molar-refractivity contribution in [2.75, 3.05) is 6.54 Å². The highest BCUT2D eigenvalue weighted by Crippen LogP contribution is 2.20. The third-order valence-electron chi connectivity index (χ3n) is 3.52. The number of hydrogen-bond donors (Lipinski definition) is 2. The van der Waals surface area contributed by atoms with Crippen molar-refractivity contribution in [2.45, 2.75) is 20.0 Å². The molecule has 7 heteroatoms. The smallest absolute Gasteiger partial charge is 0.255 e. The summed E-state index contributed by atoms with van der Waals surface area (Å²) in [5.41, 5.74) is 1.15. The zero-order valence-electron chi connectivity index (χ0n) is 12.5. The molecule has 118 valence electrons. The lowest BCUT2D eigenvalue weighted by Crippen LogP contribution is -2.29. The molecule has 0 bridgehead atoms. The summed E-state index contributed by atoms with van der Waals surface area (Å²) in [7, 11) is 1.71. The van der Waals surface area contributed by atoms with E-state index in [1.165, 1.54) is 6.07 Å². The van der Waals surface area contributed by atoms with Crippen LogP contribution in [0.4, 0.5) is 8.78 Å². The number of amides is 1. The number of nitrogens with zero attached hydrogens (tertiary/aromatic N) is 2. The van der Waals surface area contributed by atoms with Crippen molar-refractivity contribution >= 4 is 5.91 Å². The summed E-state index contributed by atoms with van der Waals surface area (Å²) in [5, 5.41) is 16.5. The van der Waals surface area contributed by atoms with Gasteiger partial charge >= 0.3 is 0 Å². The Balaban J connectivity index is 2.11. The number of aryl methyl sites for hydroxylation is 2. The van der Waals surface area contributed by atoms with E-state index in [0.717, 1.165) is 12.1 Å². The van der Waals surface area contributed by atoms with E-state index in [-0.39, 0.29) is 6.54 Å². The lowest BCUT2D eigenvalue weighted by atomic mass is 10.1. The second-order valence-corrected chi connectivity index (χ2v) is 5.03. The van der Waals surface area contributed by atoms with Gasteiger partial charge in [0, 0.05) is 19.3 Å². The molecule has 1 aromatic carbocycles. The van der Waals surface area contributed by atoms with Gasteiger partial charge in [-0.25, -0.2) is 8.78 Å². The quantitative estimate of drug-likeness (QED) is 0.904. The van der Waals surface area contributed by atoms with Crippen LogP contribution in [0.1, 0.15) is 33.4 Å². The molecule has 1 amide bonds. The Kier molecular flexibility index (Phi) is 4.56. The maximum absolute atomic E-state index is 13.6. The summed E-state index contributed by atoms with van der Waals surface area (Å²) >= 11 is 0. The largest absolute Gasteiger partial charge is 0.386 e. The number of carbonyl (C=O) groups is 1. The van der Waals surface area contributed by atoms with Crippen LogP contribution < -0.4 is 5.32 Å². The summed E-state index contributed by atoms with van der Waals surface area (Å²) in [5.74, 6) is -2.15. The third kappa shape index (κ3) is 2.99. The highest BCUT2D eigenvalue weighted by molar-refractivity contribution is 5.96. The molecule has 0 aliphatic heterocycles. The van der Waals surface area contributed by atoms with E-state index in [1.54, 1.807) is 25.6 Å².